The van der Waals surface area contributed by atoms with Gasteiger partial charge in [0, 0.05) is 25.6 Å². The van der Waals surface area contributed by atoms with E-state index in [-0.39, 0.29) is 16.8 Å². The monoisotopic (exact) mass is 355 g/mol. The maximum atomic E-state index is 12.8. The number of ether oxygens (including phenoxy) is 3. The van der Waals surface area contributed by atoms with Crippen molar-refractivity contribution >= 4 is 16.0 Å². The molecule has 0 bridgehead atoms. The van der Waals surface area contributed by atoms with Crippen LogP contribution in [0.4, 0.5) is 0 Å². The second-order valence-corrected chi connectivity index (χ2v) is 7.80. The molecule has 0 unspecified atom stereocenters. The molecular weight excluding hydrogens is 334 g/mol. The maximum absolute atomic E-state index is 12.8. The van der Waals surface area contributed by atoms with Gasteiger partial charge in [-0.25, -0.2) is 8.42 Å². The normalized spacial score (nSPS) is 19.5. The van der Waals surface area contributed by atoms with Gasteiger partial charge in [-0.1, -0.05) is 0 Å². The zero-order valence-corrected chi connectivity index (χ0v) is 14.4. The Hall–Kier alpha value is -1.80. The number of fused-ring (bicyclic) bond motifs is 1. The predicted molar refractivity (Wildman–Crippen MR) is 85.5 cm³/mol. The summed E-state index contributed by atoms with van der Waals surface area (Å²) in [5.41, 5.74) is 0. The summed E-state index contributed by atoms with van der Waals surface area (Å²) in [4.78, 5) is 11.7. The van der Waals surface area contributed by atoms with Crippen LogP contribution in [0, 0.1) is 5.92 Å². The topological polar surface area (TPSA) is 82.1 Å². The highest BCUT2D eigenvalue weighted by atomic mass is 32.2. The van der Waals surface area contributed by atoms with E-state index in [1.165, 1.54) is 23.5 Å². The predicted octanol–water partition coefficient (Wildman–Crippen LogP) is 1.42. The molecule has 8 heteroatoms. The fraction of sp³-hybridized carbons (Fsp3) is 0.562. The lowest BCUT2D eigenvalue weighted by molar-refractivity contribution is -0.146. The van der Waals surface area contributed by atoms with Crippen LogP contribution in [0.3, 0.4) is 0 Å². The molecule has 0 N–H and O–H groups in total. The van der Waals surface area contributed by atoms with Crippen LogP contribution < -0.4 is 9.47 Å². The quantitative estimate of drug-likeness (QED) is 0.763. The first kappa shape index (κ1) is 17.0. The number of carbonyl (C=O) groups is 1. The number of methoxy groups -OCH3 is 1. The first-order chi connectivity index (χ1) is 11.5. The van der Waals surface area contributed by atoms with Crippen molar-refractivity contribution < 1.29 is 27.4 Å². The first-order valence-electron chi connectivity index (χ1n) is 8.00. The van der Waals surface area contributed by atoms with E-state index in [1.807, 2.05) is 0 Å². The van der Waals surface area contributed by atoms with E-state index in [0.717, 1.165) is 6.42 Å². The Morgan fingerprint density at radius 2 is 1.83 bits per heavy atom. The summed E-state index contributed by atoms with van der Waals surface area (Å²) in [5.74, 6) is 0.515. The lowest BCUT2D eigenvalue weighted by atomic mass is 9.99. The molecule has 1 aromatic carbocycles. The van der Waals surface area contributed by atoms with E-state index < -0.39 is 10.0 Å². The Bertz CT molecular complexity index is 709. The molecule has 2 heterocycles. The van der Waals surface area contributed by atoms with E-state index in [0.29, 0.717) is 50.6 Å². The number of hydrogen-bond acceptors (Lipinski definition) is 6. The Morgan fingerprint density at radius 1 is 1.17 bits per heavy atom. The number of benzene rings is 1. The van der Waals surface area contributed by atoms with Gasteiger partial charge >= 0.3 is 5.97 Å². The highest BCUT2D eigenvalue weighted by Gasteiger charge is 2.33. The standard InChI is InChI=1S/C16H21NO6S/c1-21-16(18)12-5-7-17(8-6-12)24(19,20)13-3-4-14-15(11-13)23-10-2-9-22-14/h3-4,11-12H,2,5-10H2,1H3. The van der Waals surface area contributed by atoms with Crippen LogP contribution >= 0.6 is 0 Å². The van der Waals surface area contributed by atoms with Crippen molar-refractivity contribution in [2.75, 3.05) is 33.4 Å². The van der Waals surface area contributed by atoms with Gasteiger partial charge < -0.3 is 14.2 Å². The summed E-state index contributed by atoms with van der Waals surface area (Å²) >= 11 is 0. The largest absolute Gasteiger partial charge is 0.490 e. The van der Waals surface area contributed by atoms with Crippen LogP contribution in [0.15, 0.2) is 23.1 Å². The number of sulfonamides is 1. The van der Waals surface area contributed by atoms with Crippen molar-refractivity contribution in [2.45, 2.75) is 24.2 Å². The van der Waals surface area contributed by atoms with Gasteiger partial charge in [-0.2, -0.15) is 4.31 Å². The summed E-state index contributed by atoms with van der Waals surface area (Å²) in [6, 6.07) is 4.69. The van der Waals surface area contributed by atoms with Crippen LogP contribution in [0.2, 0.25) is 0 Å². The van der Waals surface area contributed by atoms with Gasteiger partial charge in [0.25, 0.3) is 0 Å². The molecule has 3 rings (SSSR count). The van der Waals surface area contributed by atoms with E-state index >= 15 is 0 Å². The van der Waals surface area contributed by atoms with E-state index in [9.17, 15) is 13.2 Å². The number of hydrogen-bond donors (Lipinski definition) is 0. The molecule has 0 spiro atoms. The van der Waals surface area contributed by atoms with E-state index in [4.69, 9.17) is 14.2 Å². The van der Waals surface area contributed by atoms with Crippen LogP contribution in [0.25, 0.3) is 0 Å². The highest BCUT2D eigenvalue weighted by molar-refractivity contribution is 7.89. The van der Waals surface area contributed by atoms with Gasteiger partial charge in [-0.15, -0.1) is 0 Å². The van der Waals surface area contributed by atoms with Crippen molar-refractivity contribution in [3.8, 4) is 11.5 Å². The maximum Gasteiger partial charge on any atom is 0.308 e. The molecule has 2 aliphatic rings. The molecule has 2 aliphatic heterocycles. The SMILES string of the molecule is COC(=O)C1CCN(S(=O)(=O)c2ccc3c(c2)OCCCO3)CC1. The zero-order chi connectivity index (χ0) is 17.2. The summed E-state index contributed by atoms with van der Waals surface area (Å²) in [6.45, 7) is 1.66. The van der Waals surface area contributed by atoms with Gasteiger partial charge in [-0.3, -0.25) is 4.79 Å². The molecule has 0 radical (unpaired) electrons. The van der Waals surface area contributed by atoms with Gasteiger partial charge in [-0.05, 0) is 25.0 Å². The average Bonchev–Trinajstić information content (AvgIpc) is 2.85. The number of carbonyl (C=O) groups excluding carboxylic acids is 1. The smallest absolute Gasteiger partial charge is 0.308 e. The minimum atomic E-state index is -3.62. The third kappa shape index (κ3) is 3.34. The number of esters is 1. The third-order valence-corrected chi connectivity index (χ3v) is 6.24. The Labute approximate surface area is 141 Å². The molecule has 7 nitrogen and oxygen atoms in total. The first-order valence-corrected chi connectivity index (χ1v) is 9.44. The summed E-state index contributed by atoms with van der Waals surface area (Å²) in [5, 5.41) is 0. The molecule has 0 saturated carbocycles. The summed E-state index contributed by atoms with van der Waals surface area (Å²) in [7, 11) is -2.27. The molecule has 132 valence electrons. The number of nitrogens with zero attached hydrogens (tertiary/aromatic N) is 1. The van der Waals surface area contributed by atoms with E-state index in [1.54, 1.807) is 6.07 Å². The molecule has 0 aliphatic carbocycles. The van der Waals surface area contributed by atoms with Crippen LogP contribution in [-0.2, 0) is 19.6 Å². The van der Waals surface area contributed by atoms with Crippen LogP contribution in [0.1, 0.15) is 19.3 Å². The summed E-state index contributed by atoms with van der Waals surface area (Å²) in [6.07, 6.45) is 1.70. The molecule has 1 aromatic rings. The lowest BCUT2D eigenvalue weighted by Crippen LogP contribution is -2.40. The van der Waals surface area contributed by atoms with Crippen LogP contribution in [0.5, 0.6) is 11.5 Å². The molecule has 1 fully saturated rings. The fourth-order valence-corrected chi connectivity index (χ4v) is 4.44. The van der Waals surface area contributed by atoms with Gasteiger partial charge in [0.15, 0.2) is 11.5 Å². The minimum Gasteiger partial charge on any atom is -0.490 e. The molecular formula is C16H21NO6S. The fourth-order valence-electron chi connectivity index (χ4n) is 2.95. The molecule has 24 heavy (non-hydrogen) atoms. The molecule has 0 atom stereocenters. The second kappa shape index (κ2) is 6.98. The van der Waals surface area contributed by atoms with Crippen molar-refractivity contribution in [2.24, 2.45) is 5.92 Å². The second-order valence-electron chi connectivity index (χ2n) is 5.86. The average molecular weight is 355 g/mol. The van der Waals surface area contributed by atoms with Crippen molar-refractivity contribution in [1.29, 1.82) is 0 Å². The Balaban J connectivity index is 1.77. The lowest BCUT2D eigenvalue weighted by Gasteiger charge is -2.30. The van der Waals surface area contributed by atoms with Crippen molar-refractivity contribution in [1.82, 2.24) is 4.31 Å². The Kier molecular flexibility index (Phi) is 4.96. The van der Waals surface area contributed by atoms with Gasteiger partial charge in [0.05, 0.1) is 31.1 Å². The van der Waals surface area contributed by atoms with Crippen LogP contribution in [-0.4, -0.2) is 52.1 Å². The van der Waals surface area contributed by atoms with Gasteiger partial charge in [0.2, 0.25) is 10.0 Å². The number of rotatable bonds is 3. The summed E-state index contributed by atoms with van der Waals surface area (Å²) < 4.78 is 42.9. The minimum absolute atomic E-state index is 0.184. The Morgan fingerprint density at radius 3 is 2.50 bits per heavy atom. The number of piperidine rings is 1. The third-order valence-electron chi connectivity index (χ3n) is 4.35. The zero-order valence-electron chi connectivity index (χ0n) is 13.6. The molecule has 0 aromatic heterocycles. The van der Waals surface area contributed by atoms with Crippen molar-refractivity contribution in [3.63, 3.8) is 0 Å². The van der Waals surface area contributed by atoms with Gasteiger partial charge in [0.1, 0.15) is 0 Å². The highest BCUT2D eigenvalue weighted by Crippen LogP contribution is 2.33. The van der Waals surface area contributed by atoms with E-state index in [2.05, 4.69) is 0 Å². The molecule has 0 amide bonds. The molecule has 1 saturated heterocycles. The van der Waals surface area contributed by atoms with Crippen molar-refractivity contribution in [3.05, 3.63) is 18.2 Å².